The van der Waals surface area contributed by atoms with Crippen molar-refractivity contribution in [1.82, 2.24) is 14.8 Å². The zero-order valence-corrected chi connectivity index (χ0v) is 10.8. The average molecular weight is 261 g/mol. The first kappa shape index (κ1) is 13.1. The minimum Gasteiger partial charge on any atom is -0.486 e. The fraction of sp³-hybridized carbons (Fsp3) is 0.308. The zero-order chi connectivity index (χ0) is 13.8. The lowest BCUT2D eigenvalue weighted by Gasteiger charge is -2.11. The first-order valence-corrected chi connectivity index (χ1v) is 5.92. The minimum absolute atomic E-state index is 0.0264. The molecule has 0 aromatic carbocycles. The summed E-state index contributed by atoms with van der Waals surface area (Å²) in [5.74, 6) is -0.405. The predicted molar refractivity (Wildman–Crippen MR) is 68.1 cm³/mol. The van der Waals surface area contributed by atoms with E-state index in [1.807, 2.05) is 13.8 Å². The van der Waals surface area contributed by atoms with Gasteiger partial charge in [-0.3, -0.25) is 9.67 Å². The Hall–Kier alpha value is -2.37. The quantitative estimate of drug-likeness (QED) is 0.892. The molecule has 6 nitrogen and oxygen atoms in total. The molecule has 1 N–H and O–H groups in total. The van der Waals surface area contributed by atoms with Gasteiger partial charge in [0, 0.05) is 12.2 Å². The summed E-state index contributed by atoms with van der Waals surface area (Å²) < 4.78 is 7.21. The van der Waals surface area contributed by atoms with Crippen LogP contribution in [-0.2, 0) is 6.61 Å². The van der Waals surface area contributed by atoms with Gasteiger partial charge in [0.15, 0.2) is 5.69 Å². The van der Waals surface area contributed by atoms with E-state index in [1.165, 1.54) is 6.07 Å². The van der Waals surface area contributed by atoms with Crippen LogP contribution in [0.3, 0.4) is 0 Å². The molecule has 100 valence electrons. The number of carbonyl (C=O) groups is 1. The van der Waals surface area contributed by atoms with Gasteiger partial charge in [-0.05, 0) is 32.0 Å². The monoisotopic (exact) mass is 261 g/mol. The number of aromatic carboxylic acids is 1. The highest BCUT2D eigenvalue weighted by atomic mass is 16.5. The van der Waals surface area contributed by atoms with Crippen LogP contribution in [0.4, 0.5) is 0 Å². The summed E-state index contributed by atoms with van der Waals surface area (Å²) in [7, 11) is 0. The van der Waals surface area contributed by atoms with Gasteiger partial charge in [0.1, 0.15) is 12.4 Å². The van der Waals surface area contributed by atoms with Crippen molar-refractivity contribution in [3.8, 4) is 5.75 Å². The summed E-state index contributed by atoms with van der Waals surface area (Å²) in [4.78, 5) is 14.9. The van der Waals surface area contributed by atoms with Gasteiger partial charge < -0.3 is 9.84 Å². The van der Waals surface area contributed by atoms with Gasteiger partial charge in [-0.25, -0.2) is 4.79 Å². The van der Waals surface area contributed by atoms with Crippen LogP contribution in [0.25, 0.3) is 0 Å². The Labute approximate surface area is 110 Å². The number of carboxylic acid groups (broad SMARTS) is 1. The molecule has 0 aliphatic carbocycles. The number of hydrogen-bond donors (Lipinski definition) is 1. The van der Waals surface area contributed by atoms with Gasteiger partial charge in [0.05, 0.1) is 11.9 Å². The Morgan fingerprint density at radius 1 is 1.53 bits per heavy atom. The van der Waals surface area contributed by atoms with Crippen molar-refractivity contribution < 1.29 is 14.6 Å². The molecule has 2 aromatic rings. The van der Waals surface area contributed by atoms with Gasteiger partial charge in [0.2, 0.25) is 0 Å². The Morgan fingerprint density at radius 3 is 2.89 bits per heavy atom. The molecule has 0 saturated heterocycles. The Bertz CT molecular complexity index is 564. The van der Waals surface area contributed by atoms with E-state index < -0.39 is 5.97 Å². The molecule has 19 heavy (non-hydrogen) atoms. The van der Waals surface area contributed by atoms with E-state index in [0.29, 0.717) is 5.75 Å². The molecule has 0 unspecified atom stereocenters. The molecule has 2 heterocycles. The lowest BCUT2D eigenvalue weighted by Crippen LogP contribution is -2.10. The summed E-state index contributed by atoms with van der Waals surface area (Å²) in [6, 6.07) is 5.16. The molecule has 0 amide bonds. The van der Waals surface area contributed by atoms with Crippen LogP contribution in [-0.4, -0.2) is 25.8 Å². The number of pyridine rings is 1. The summed E-state index contributed by atoms with van der Waals surface area (Å²) in [5, 5.41) is 13.0. The Morgan fingerprint density at radius 2 is 2.32 bits per heavy atom. The van der Waals surface area contributed by atoms with Gasteiger partial charge in [-0.2, -0.15) is 5.10 Å². The van der Waals surface area contributed by atoms with Crippen molar-refractivity contribution in [2.45, 2.75) is 26.5 Å². The molecule has 0 bridgehead atoms. The van der Waals surface area contributed by atoms with E-state index in [2.05, 4.69) is 10.1 Å². The van der Waals surface area contributed by atoms with Gasteiger partial charge in [-0.1, -0.05) is 0 Å². The minimum atomic E-state index is -1.04. The normalized spacial score (nSPS) is 10.7. The number of rotatable bonds is 5. The molecule has 0 aliphatic heterocycles. The summed E-state index contributed by atoms with van der Waals surface area (Å²) >= 11 is 0. The topological polar surface area (TPSA) is 77.2 Å². The van der Waals surface area contributed by atoms with Crippen LogP contribution >= 0.6 is 0 Å². The molecule has 0 aliphatic rings. The number of nitrogens with zero attached hydrogens (tertiary/aromatic N) is 3. The van der Waals surface area contributed by atoms with Crippen LogP contribution in [0.2, 0.25) is 0 Å². The van der Waals surface area contributed by atoms with E-state index in [-0.39, 0.29) is 18.3 Å². The SMILES string of the molecule is CC(C)n1nc(C(=O)O)cc1COc1cccnc1. The lowest BCUT2D eigenvalue weighted by atomic mass is 10.3. The Kier molecular flexibility index (Phi) is 3.79. The van der Waals surface area contributed by atoms with Crippen LogP contribution in [0, 0.1) is 0 Å². The maximum absolute atomic E-state index is 10.9. The number of hydrogen-bond acceptors (Lipinski definition) is 4. The summed E-state index contributed by atoms with van der Waals surface area (Å²) in [6.07, 6.45) is 3.27. The van der Waals surface area contributed by atoms with E-state index in [1.54, 1.807) is 29.2 Å². The van der Waals surface area contributed by atoms with Gasteiger partial charge >= 0.3 is 5.97 Å². The third-order valence-corrected chi connectivity index (χ3v) is 2.54. The van der Waals surface area contributed by atoms with E-state index in [4.69, 9.17) is 9.84 Å². The van der Waals surface area contributed by atoms with Crippen molar-refractivity contribution in [2.24, 2.45) is 0 Å². The molecular formula is C13H15N3O3. The van der Waals surface area contributed by atoms with Gasteiger partial charge in [-0.15, -0.1) is 0 Å². The standard InChI is InChI=1S/C13H15N3O3/c1-9(2)16-10(6-12(15-16)13(17)18)8-19-11-4-3-5-14-7-11/h3-7,9H,8H2,1-2H3,(H,17,18). The first-order valence-electron chi connectivity index (χ1n) is 5.92. The van der Waals surface area contributed by atoms with Crippen molar-refractivity contribution in [3.05, 3.63) is 42.0 Å². The maximum Gasteiger partial charge on any atom is 0.356 e. The van der Waals surface area contributed by atoms with Gasteiger partial charge in [0.25, 0.3) is 0 Å². The molecular weight excluding hydrogens is 246 g/mol. The molecule has 6 heteroatoms. The zero-order valence-electron chi connectivity index (χ0n) is 10.8. The van der Waals surface area contributed by atoms with Crippen LogP contribution < -0.4 is 4.74 Å². The fourth-order valence-electron chi connectivity index (χ4n) is 1.68. The van der Waals surface area contributed by atoms with Crippen molar-refractivity contribution >= 4 is 5.97 Å². The second-order valence-corrected chi connectivity index (χ2v) is 4.34. The molecule has 0 atom stereocenters. The predicted octanol–water partition coefficient (Wildman–Crippen LogP) is 2.14. The van der Waals surface area contributed by atoms with E-state index >= 15 is 0 Å². The van der Waals surface area contributed by atoms with Crippen LogP contribution in [0.1, 0.15) is 36.1 Å². The smallest absolute Gasteiger partial charge is 0.356 e. The molecule has 0 radical (unpaired) electrons. The summed E-state index contributed by atoms with van der Waals surface area (Å²) in [5.41, 5.74) is 0.745. The molecule has 0 spiro atoms. The first-order chi connectivity index (χ1) is 9.08. The third kappa shape index (κ3) is 3.09. The molecule has 2 rings (SSSR count). The Balaban J connectivity index is 2.17. The highest BCUT2D eigenvalue weighted by molar-refractivity contribution is 5.85. The number of aromatic nitrogens is 3. The summed E-state index contributed by atoms with van der Waals surface area (Å²) in [6.45, 7) is 4.13. The molecule has 0 fully saturated rings. The number of carboxylic acids is 1. The van der Waals surface area contributed by atoms with Crippen LogP contribution in [0.5, 0.6) is 5.75 Å². The second-order valence-electron chi connectivity index (χ2n) is 4.34. The average Bonchev–Trinajstić information content (AvgIpc) is 2.82. The van der Waals surface area contributed by atoms with Crippen molar-refractivity contribution in [3.63, 3.8) is 0 Å². The fourth-order valence-corrected chi connectivity index (χ4v) is 1.68. The second kappa shape index (κ2) is 5.51. The van der Waals surface area contributed by atoms with E-state index in [0.717, 1.165) is 5.69 Å². The maximum atomic E-state index is 10.9. The third-order valence-electron chi connectivity index (χ3n) is 2.54. The highest BCUT2D eigenvalue weighted by Gasteiger charge is 2.15. The van der Waals surface area contributed by atoms with Crippen LogP contribution in [0.15, 0.2) is 30.6 Å². The number of ether oxygens (including phenoxy) is 1. The largest absolute Gasteiger partial charge is 0.486 e. The molecule has 0 saturated carbocycles. The van der Waals surface area contributed by atoms with Crippen molar-refractivity contribution in [2.75, 3.05) is 0 Å². The van der Waals surface area contributed by atoms with Crippen molar-refractivity contribution in [1.29, 1.82) is 0 Å². The molecule has 2 aromatic heterocycles. The highest BCUT2D eigenvalue weighted by Crippen LogP contribution is 2.15. The lowest BCUT2D eigenvalue weighted by molar-refractivity contribution is 0.0689. The van der Waals surface area contributed by atoms with E-state index in [9.17, 15) is 4.79 Å².